The van der Waals surface area contributed by atoms with E-state index >= 15 is 0 Å². The Kier molecular flexibility index (Phi) is 6.50. The summed E-state index contributed by atoms with van der Waals surface area (Å²) in [6, 6.07) is 20.5. The first-order valence-corrected chi connectivity index (χ1v) is 13.0. The van der Waals surface area contributed by atoms with Gasteiger partial charge in [0.25, 0.3) is 16.4 Å². The quantitative estimate of drug-likeness (QED) is 0.233. The Morgan fingerprint density at radius 3 is 2.24 bits per heavy atom. The Bertz CT molecular complexity index is 1820. The number of aromatic carboxylic acids is 1. The number of rotatable bonds is 6. The van der Waals surface area contributed by atoms with Gasteiger partial charge in [0.05, 0.1) is 21.7 Å². The molecule has 4 aromatic carbocycles. The van der Waals surface area contributed by atoms with Crippen LogP contribution in [0, 0.1) is 5.82 Å². The highest BCUT2D eigenvalue weighted by molar-refractivity contribution is 7.90. The molecule has 0 fully saturated rings. The largest absolute Gasteiger partial charge is 0.478 e. The van der Waals surface area contributed by atoms with Crippen LogP contribution in [0.25, 0.3) is 33.3 Å². The minimum atomic E-state index is -4.30. The van der Waals surface area contributed by atoms with Crippen molar-refractivity contribution in [1.29, 1.82) is 0 Å². The number of carboxylic acid groups (broad SMARTS) is 1. The van der Waals surface area contributed by atoms with Crippen molar-refractivity contribution in [2.45, 2.75) is 11.3 Å². The van der Waals surface area contributed by atoms with Gasteiger partial charge in [-0.25, -0.2) is 30.4 Å². The summed E-state index contributed by atoms with van der Waals surface area (Å²) in [4.78, 5) is 11.1. The van der Waals surface area contributed by atoms with Gasteiger partial charge in [0, 0.05) is 21.5 Å². The van der Waals surface area contributed by atoms with Crippen LogP contribution in [0.5, 0.6) is 0 Å². The second-order valence-electron chi connectivity index (χ2n) is 8.45. The topological polar surface area (TPSA) is 76.4 Å². The van der Waals surface area contributed by atoms with E-state index in [2.05, 4.69) is 0 Å². The average Bonchev–Trinajstić information content (AvgIpc) is 3.28. The van der Waals surface area contributed by atoms with Crippen LogP contribution >= 0.6 is 11.6 Å². The van der Waals surface area contributed by atoms with E-state index in [-0.39, 0.29) is 32.3 Å². The average molecular weight is 556 g/mol. The minimum Gasteiger partial charge on any atom is -0.478 e. The molecule has 5 aromatic rings. The first-order valence-electron chi connectivity index (χ1n) is 11.1. The molecule has 1 heterocycles. The van der Waals surface area contributed by atoms with E-state index in [4.69, 9.17) is 11.6 Å². The van der Waals surface area contributed by atoms with Gasteiger partial charge >= 0.3 is 5.97 Å². The maximum absolute atomic E-state index is 14.1. The molecule has 0 saturated carbocycles. The molecule has 0 aliphatic carbocycles. The maximum Gasteiger partial charge on any atom is 0.335 e. The third kappa shape index (κ3) is 4.55. The van der Waals surface area contributed by atoms with E-state index in [1.165, 1.54) is 30.3 Å². The second kappa shape index (κ2) is 9.66. The van der Waals surface area contributed by atoms with Gasteiger partial charge in [0.1, 0.15) is 5.82 Å². The van der Waals surface area contributed by atoms with E-state index in [1.807, 2.05) is 0 Å². The Labute approximate surface area is 220 Å². The molecule has 192 valence electrons. The summed E-state index contributed by atoms with van der Waals surface area (Å²) < 4.78 is 68.7. The summed E-state index contributed by atoms with van der Waals surface area (Å²) in [6.07, 6.45) is -2.75. The van der Waals surface area contributed by atoms with Gasteiger partial charge in [-0.15, -0.1) is 0 Å². The van der Waals surface area contributed by atoms with Crippen LogP contribution < -0.4 is 0 Å². The zero-order chi connectivity index (χ0) is 27.2. The first-order chi connectivity index (χ1) is 18.1. The van der Waals surface area contributed by atoms with Crippen molar-refractivity contribution < 1.29 is 31.5 Å². The molecule has 0 saturated heterocycles. The van der Waals surface area contributed by atoms with E-state index < -0.39 is 28.2 Å². The van der Waals surface area contributed by atoms with Crippen molar-refractivity contribution >= 4 is 38.5 Å². The molecule has 0 aliphatic rings. The van der Waals surface area contributed by atoms with E-state index in [0.29, 0.717) is 22.1 Å². The summed E-state index contributed by atoms with van der Waals surface area (Å²) in [5.74, 6) is -1.69. The summed E-state index contributed by atoms with van der Waals surface area (Å²) in [7, 11) is -4.30. The van der Waals surface area contributed by atoms with Crippen LogP contribution in [0.1, 0.15) is 22.3 Å². The van der Waals surface area contributed by atoms with Crippen molar-refractivity contribution in [3.63, 3.8) is 0 Å². The van der Waals surface area contributed by atoms with Crippen molar-refractivity contribution in [2.75, 3.05) is 0 Å². The van der Waals surface area contributed by atoms with E-state index in [0.717, 1.165) is 34.3 Å². The van der Waals surface area contributed by atoms with Gasteiger partial charge < -0.3 is 5.11 Å². The number of benzene rings is 4. The molecular weight excluding hydrogens is 539 g/mol. The Morgan fingerprint density at radius 2 is 1.58 bits per heavy atom. The molecule has 0 bridgehead atoms. The fraction of sp³-hybridized carbons (Fsp3) is 0.0357. The lowest BCUT2D eigenvalue weighted by atomic mass is 10.0. The highest BCUT2D eigenvalue weighted by atomic mass is 35.5. The Morgan fingerprint density at radius 1 is 0.868 bits per heavy atom. The standard InChI is InChI=1S/C28H17ClF3NO4S/c29-24-14-19(28(34)35)6-10-23(24)17-2-1-3-18(12-17)26-15-20-13-21(30)7-11-25(20)33(26)38(36,37)22-8-4-16(5-9-22)27(31)32/h1-15,27H,(H,34,35). The lowest BCUT2D eigenvalue weighted by Crippen LogP contribution is -2.14. The number of nitrogens with zero attached hydrogens (tertiary/aromatic N) is 1. The van der Waals surface area contributed by atoms with Crippen LogP contribution in [0.15, 0.2) is 95.9 Å². The van der Waals surface area contributed by atoms with Gasteiger partial charge in [-0.3, -0.25) is 0 Å². The molecule has 5 nitrogen and oxygen atoms in total. The predicted octanol–water partition coefficient (Wildman–Crippen LogP) is 7.64. The molecule has 0 atom stereocenters. The number of carboxylic acids is 1. The minimum absolute atomic E-state index is 0.0148. The molecule has 10 heteroatoms. The first kappa shape index (κ1) is 25.6. The van der Waals surface area contributed by atoms with E-state index in [1.54, 1.807) is 30.3 Å². The molecule has 1 N–H and O–H groups in total. The smallest absolute Gasteiger partial charge is 0.335 e. The summed E-state index contributed by atoms with van der Waals surface area (Å²) in [5.41, 5.74) is 1.68. The molecule has 0 spiro atoms. The summed E-state index contributed by atoms with van der Waals surface area (Å²) in [6.45, 7) is 0. The van der Waals surface area contributed by atoms with Crippen LogP contribution in [0.4, 0.5) is 13.2 Å². The number of hydrogen-bond donors (Lipinski definition) is 1. The molecule has 0 radical (unpaired) electrons. The maximum atomic E-state index is 14.1. The zero-order valence-corrected chi connectivity index (χ0v) is 20.8. The molecular formula is C28H17ClF3NO4S. The second-order valence-corrected chi connectivity index (χ2v) is 10.6. The zero-order valence-electron chi connectivity index (χ0n) is 19.3. The third-order valence-electron chi connectivity index (χ3n) is 6.08. The monoisotopic (exact) mass is 555 g/mol. The van der Waals surface area contributed by atoms with Crippen LogP contribution in [-0.2, 0) is 10.0 Å². The van der Waals surface area contributed by atoms with Gasteiger partial charge in [0.2, 0.25) is 0 Å². The molecule has 0 unspecified atom stereocenters. The van der Waals surface area contributed by atoms with Gasteiger partial charge in [0.15, 0.2) is 0 Å². The number of carbonyl (C=O) groups is 1. The van der Waals surface area contributed by atoms with Gasteiger partial charge in [-0.05, 0) is 65.7 Å². The normalized spacial score (nSPS) is 11.8. The van der Waals surface area contributed by atoms with Crippen molar-refractivity contribution in [3.8, 4) is 22.4 Å². The summed E-state index contributed by atoms with van der Waals surface area (Å²) in [5, 5.41) is 9.73. The van der Waals surface area contributed by atoms with Crippen molar-refractivity contribution in [1.82, 2.24) is 3.97 Å². The number of alkyl halides is 2. The molecule has 38 heavy (non-hydrogen) atoms. The molecule has 5 rings (SSSR count). The van der Waals surface area contributed by atoms with Gasteiger partial charge in [-0.1, -0.05) is 48.0 Å². The van der Waals surface area contributed by atoms with Crippen LogP contribution in [0.2, 0.25) is 5.02 Å². The highest BCUT2D eigenvalue weighted by Crippen LogP contribution is 2.36. The van der Waals surface area contributed by atoms with Crippen molar-refractivity contribution in [2.24, 2.45) is 0 Å². The van der Waals surface area contributed by atoms with Crippen molar-refractivity contribution in [3.05, 3.63) is 113 Å². The Hall–Kier alpha value is -4.08. The highest BCUT2D eigenvalue weighted by Gasteiger charge is 2.25. The third-order valence-corrected chi connectivity index (χ3v) is 8.13. The molecule has 1 aromatic heterocycles. The number of hydrogen-bond acceptors (Lipinski definition) is 3. The van der Waals surface area contributed by atoms with Crippen LogP contribution in [-0.4, -0.2) is 23.5 Å². The lowest BCUT2D eigenvalue weighted by molar-refractivity contribution is 0.0697. The predicted molar refractivity (Wildman–Crippen MR) is 139 cm³/mol. The van der Waals surface area contributed by atoms with E-state index in [9.17, 15) is 31.5 Å². The summed E-state index contributed by atoms with van der Waals surface area (Å²) >= 11 is 6.35. The molecule has 0 aliphatic heterocycles. The van der Waals surface area contributed by atoms with Gasteiger partial charge in [-0.2, -0.15) is 0 Å². The van der Waals surface area contributed by atoms with Crippen LogP contribution in [0.3, 0.4) is 0 Å². The fourth-order valence-corrected chi connectivity index (χ4v) is 6.06. The molecule has 0 amide bonds. The number of halogens is 4. The number of fused-ring (bicyclic) bond motifs is 1. The SMILES string of the molecule is O=C(O)c1ccc(-c2cccc(-c3cc4cc(F)ccc4n3S(=O)(=O)c3ccc(C(F)F)cc3)c2)c(Cl)c1. The number of aromatic nitrogens is 1. The lowest BCUT2D eigenvalue weighted by Gasteiger charge is -2.14. The Balaban J connectivity index is 1.70. The fourth-order valence-electron chi connectivity index (χ4n) is 4.24.